The van der Waals surface area contributed by atoms with Gasteiger partial charge in [0.15, 0.2) is 0 Å². The highest BCUT2D eigenvalue weighted by Gasteiger charge is 2.13. The fraction of sp³-hybridized carbons (Fsp3) is 0.600. The average molecular weight is 344 g/mol. The molecule has 0 spiro atoms. The van der Waals surface area contributed by atoms with Crippen molar-refractivity contribution in [1.29, 1.82) is 0 Å². The van der Waals surface area contributed by atoms with Crippen molar-refractivity contribution in [1.82, 2.24) is 10.2 Å². The third-order valence-electron chi connectivity index (χ3n) is 3.53. The lowest BCUT2D eigenvalue weighted by Gasteiger charge is -2.23. The normalized spacial score (nSPS) is 12.7. The van der Waals surface area contributed by atoms with E-state index >= 15 is 0 Å². The number of methoxy groups -OCH3 is 1. The molecule has 0 aliphatic carbocycles. The van der Waals surface area contributed by atoms with E-state index in [1.807, 2.05) is 18.2 Å². The van der Waals surface area contributed by atoms with Crippen molar-refractivity contribution >= 4 is 15.9 Å². The molecule has 0 aromatic heterocycles. The number of nitrogens with zero attached hydrogens (tertiary/aromatic N) is 1. The van der Waals surface area contributed by atoms with Gasteiger partial charge in [0, 0.05) is 30.1 Å². The first kappa shape index (κ1) is 17.4. The number of likely N-dealkylation sites (N-methyl/N-ethyl adjacent to an activating group) is 1. The molecule has 1 aromatic rings. The largest absolute Gasteiger partial charge is 0.497 e. The van der Waals surface area contributed by atoms with Crippen molar-refractivity contribution in [2.75, 3.05) is 39.8 Å². The Morgan fingerprint density at radius 3 is 2.60 bits per heavy atom. The molecule has 0 saturated carbocycles. The molecule has 1 unspecified atom stereocenters. The van der Waals surface area contributed by atoms with Crippen LogP contribution in [0, 0.1) is 0 Å². The van der Waals surface area contributed by atoms with Crippen LogP contribution in [0.2, 0.25) is 0 Å². The van der Waals surface area contributed by atoms with E-state index in [2.05, 4.69) is 40.0 Å². The third kappa shape index (κ3) is 5.05. The maximum atomic E-state index is 5.91. The highest BCUT2D eigenvalue weighted by atomic mass is 79.9. The van der Waals surface area contributed by atoms with Crippen LogP contribution in [0.15, 0.2) is 22.7 Å². The predicted octanol–water partition coefficient (Wildman–Crippen LogP) is 2.39. The molecule has 4 nitrogen and oxygen atoms in total. The zero-order chi connectivity index (χ0) is 15.0. The van der Waals surface area contributed by atoms with Gasteiger partial charge in [0.1, 0.15) is 5.75 Å². The molecule has 3 N–H and O–H groups in total. The van der Waals surface area contributed by atoms with Crippen LogP contribution in [0.4, 0.5) is 0 Å². The Hall–Kier alpha value is -0.620. The van der Waals surface area contributed by atoms with Crippen LogP contribution in [0.5, 0.6) is 5.75 Å². The number of hydrogen-bond acceptors (Lipinski definition) is 4. The highest BCUT2D eigenvalue weighted by molar-refractivity contribution is 9.10. The quantitative estimate of drug-likeness (QED) is 0.722. The van der Waals surface area contributed by atoms with E-state index in [1.165, 1.54) is 0 Å². The van der Waals surface area contributed by atoms with Gasteiger partial charge in [-0.05, 0) is 36.9 Å². The van der Waals surface area contributed by atoms with E-state index < -0.39 is 0 Å². The van der Waals surface area contributed by atoms with Gasteiger partial charge < -0.3 is 20.7 Å². The fourth-order valence-electron chi connectivity index (χ4n) is 2.17. The van der Waals surface area contributed by atoms with Crippen LogP contribution < -0.4 is 15.8 Å². The molecular formula is C15H26BrN3O. The number of halogens is 1. The van der Waals surface area contributed by atoms with E-state index in [0.717, 1.165) is 42.0 Å². The number of hydrogen-bond donors (Lipinski definition) is 2. The summed E-state index contributed by atoms with van der Waals surface area (Å²) < 4.78 is 6.34. The van der Waals surface area contributed by atoms with Crippen molar-refractivity contribution in [3.63, 3.8) is 0 Å². The fourth-order valence-corrected chi connectivity index (χ4v) is 2.70. The molecule has 0 aliphatic heterocycles. The molecule has 0 heterocycles. The minimum atomic E-state index is 0.134. The number of nitrogens with one attached hydrogen (secondary N) is 1. The standard InChI is InChI=1S/C15H26BrN3O/c1-4-19(5-2)9-8-18-15(11-17)13-10-12(20-3)6-7-14(13)16/h6-7,10,15,18H,4-5,8-9,11,17H2,1-3H3. The smallest absolute Gasteiger partial charge is 0.119 e. The van der Waals surface area contributed by atoms with Crippen molar-refractivity contribution in [3.8, 4) is 5.75 Å². The first-order chi connectivity index (χ1) is 9.65. The lowest BCUT2D eigenvalue weighted by molar-refractivity contribution is 0.296. The number of nitrogens with two attached hydrogens (primary N) is 1. The molecule has 20 heavy (non-hydrogen) atoms. The molecule has 0 aliphatic rings. The molecule has 0 radical (unpaired) electrons. The lowest BCUT2D eigenvalue weighted by Crippen LogP contribution is -2.36. The Morgan fingerprint density at radius 1 is 1.35 bits per heavy atom. The summed E-state index contributed by atoms with van der Waals surface area (Å²) in [6.45, 7) is 9.04. The van der Waals surface area contributed by atoms with Gasteiger partial charge in [-0.1, -0.05) is 29.8 Å². The van der Waals surface area contributed by atoms with Gasteiger partial charge in [-0.3, -0.25) is 0 Å². The summed E-state index contributed by atoms with van der Waals surface area (Å²) in [5, 5.41) is 3.52. The average Bonchev–Trinajstić information content (AvgIpc) is 2.49. The molecular weight excluding hydrogens is 318 g/mol. The molecule has 1 aromatic carbocycles. The third-order valence-corrected chi connectivity index (χ3v) is 4.25. The molecule has 1 rings (SSSR count). The first-order valence-electron chi connectivity index (χ1n) is 7.15. The van der Waals surface area contributed by atoms with Crippen LogP contribution in [0.1, 0.15) is 25.5 Å². The van der Waals surface area contributed by atoms with Crippen LogP contribution in [-0.4, -0.2) is 44.7 Å². The number of benzene rings is 1. The van der Waals surface area contributed by atoms with Crippen LogP contribution in [-0.2, 0) is 0 Å². The molecule has 0 amide bonds. The van der Waals surface area contributed by atoms with Gasteiger partial charge in [0.2, 0.25) is 0 Å². The number of rotatable bonds is 9. The Balaban J connectivity index is 2.66. The van der Waals surface area contributed by atoms with Gasteiger partial charge >= 0.3 is 0 Å². The van der Waals surface area contributed by atoms with Crippen LogP contribution >= 0.6 is 15.9 Å². The zero-order valence-corrected chi connectivity index (χ0v) is 14.2. The molecule has 5 heteroatoms. The summed E-state index contributed by atoms with van der Waals surface area (Å²) in [6.07, 6.45) is 0. The van der Waals surface area contributed by atoms with Crippen LogP contribution in [0.25, 0.3) is 0 Å². The topological polar surface area (TPSA) is 50.5 Å². The minimum Gasteiger partial charge on any atom is -0.497 e. The van der Waals surface area contributed by atoms with Gasteiger partial charge in [0.25, 0.3) is 0 Å². The highest BCUT2D eigenvalue weighted by Crippen LogP contribution is 2.27. The minimum absolute atomic E-state index is 0.134. The summed E-state index contributed by atoms with van der Waals surface area (Å²) in [4.78, 5) is 2.39. The summed E-state index contributed by atoms with van der Waals surface area (Å²) in [6, 6.07) is 6.11. The van der Waals surface area contributed by atoms with Gasteiger partial charge in [0.05, 0.1) is 7.11 Å². The number of ether oxygens (including phenoxy) is 1. The van der Waals surface area contributed by atoms with E-state index in [-0.39, 0.29) is 6.04 Å². The predicted molar refractivity (Wildman–Crippen MR) is 88.3 cm³/mol. The molecule has 0 saturated heterocycles. The lowest BCUT2D eigenvalue weighted by atomic mass is 10.1. The zero-order valence-electron chi connectivity index (χ0n) is 12.7. The summed E-state index contributed by atoms with van der Waals surface area (Å²) >= 11 is 3.59. The summed E-state index contributed by atoms with van der Waals surface area (Å²) in [5.74, 6) is 0.854. The van der Waals surface area contributed by atoms with E-state index in [0.29, 0.717) is 6.54 Å². The van der Waals surface area contributed by atoms with Crippen LogP contribution in [0.3, 0.4) is 0 Å². The summed E-state index contributed by atoms with van der Waals surface area (Å²) in [7, 11) is 1.68. The molecule has 0 fully saturated rings. The second-order valence-electron chi connectivity index (χ2n) is 4.66. The Labute approximate surface area is 130 Å². The second kappa shape index (κ2) is 9.34. The Morgan fingerprint density at radius 2 is 2.05 bits per heavy atom. The van der Waals surface area contributed by atoms with Crippen molar-refractivity contribution in [2.24, 2.45) is 5.73 Å². The molecule has 1 atom stereocenters. The van der Waals surface area contributed by atoms with Gasteiger partial charge in [-0.25, -0.2) is 0 Å². The Kier molecular flexibility index (Phi) is 8.14. The van der Waals surface area contributed by atoms with Crippen molar-refractivity contribution < 1.29 is 4.74 Å². The monoisotopic (exact) mass is 343 g/mol. The van der Waals surface area contributed by atoms with Gasteiger partial charge in [-0.15, -0.1) is 0 Å². The van der Waals surface area contributed by atoms with Crippen molar-refractivity contribution in [2.45, 2.75) is 19.9 Å². The maximum Gasteiger partial charge on any atom is 0.119 e. The first-order valence-corrected chi connectivity index (χ1v) is 7.94. The SMILES string of the molecule is CCN(CC)CCNC(CN)c1cc(OC)ccc1Br. The van der Waals surface area contributed by atoms with E-state index in [9.17, 15) is 0 Å². The van der Waals surface area contributed by atoms with E-state index in [1.54, 1.807) is 7.11 Å². The maximum absolute atomic E-state index is 5.91. The molecule has 0 bridgehead atoms. The van der Waals surface area contributed by atoms with Crippen molar-refractivity contribution in [3.05, 3.63) is 28.2 Å². The second-order valence-corrected chi connectivity index (χ2v) is 5.51. The Bertz CT molecular complexity index is 397. The van der Waals surface area contributed by atoms with E-state index in [4.69, 9.17) is 10.5 Å². The summed E-state index contributed by atoms with van der Waals surface area (Å²) in [5.41, 5.74) is 7.05. The molecule has 114 valence electrons. The van der Waals surface area contributed by atoms with Gasteiger partial charge in [-0.2, -0.15) is 0 Å².